The van der Waals surface area contributed by atoms with Crippen molar-refractivity contribution < 1.29 is 13.6 Å². The van der Waals surface area contributed by atoms with Gasteiger partial charge in [0.2, 0.25) is 17.7 Å². The van der Waals surface area contributed by atoms with E-state index < -0.39 is 0 Å². The average molecular weight is 622 g/mol. The number of hydrogen-bond donors (Lipinski definition) is 1. The van der Waals surface area contributed by atoms with Crippen LogP contribution in [-0.2, 0) is 6.54 Å². The highest BCUT2D eigenvalue weighted by atomic mass is 19.1. The van der Waals surface area contributed by atoms with Gasteiger partial charge in [-0.25, -0.2) is 14.4 Å². The summed E-state index contributed by atoms with van der Waals surface area (Å²) in [6.07, 6.45) is 5.76. The first-order valence-corrected chi connectivity index (χ1v) is 15.4. The fraction of sp³-hybridized carbons (Fsp3) is 0.312. The molecule has 0 atom stereocenters. The topological polar surface area (TPSA) is 140 Å². The average Bonchev–Trinajstić information content (AvgIpc) is 3.79. The highest BCUT2D eigenvalue weighted by Crippen LogP contribution is 2.32. The summed E-state index contributed by atoms with van der Waals surface area (Å²) in [5.41, 5.74) is 10.9. The molecule has 6 aromatic rings. The van der Waals surface area contributed by atoms with Crippen LogP contribution in [0.4, 0.5) is 16.0 Å². The molecule has 7 heterocycles. The highest BCUT2D eigenvalue weighted by molar-refractivity contribution is 6.05. The number of aromatic nitrogens is 7. The molecule has 13 nitrogen and oxygen atoms in total. The van der Waals surface area contributed by atoms with Gasteiger partial charge in [-0.3, -0.25) is 14.7 Å². The van der Waals surface area contributed by atoms with Gasteiger partial charge in [-0.2, -0.15) is 9.50 Å². The van der Waals surface area contributed by atoms with Gasteiger partial charge in [-0.15, -0.1) is 5.10 Å². The zero-order valence-electron chi connectivity index (χ0n) is 25.3. The van der Waals surface area contributed by atoms with Crippen molar-refractivity contribution in [3.63, 3.8) is 0 Å². The normalized spacial score (nSPS) is 15.6. The first kappa shape index (κ1) is 28.1. The molecule has 14 heteroatoms. The molecule has 2 aliphatic rings. The van der Waals surface area contributed by atoms with Crippen molar-refractivity contribution >= 4 is 34.2 Å². The molecule has 0 saturated carbocycles. The molecule has 1 aromatic carbocycles. The predicted molar refractivity (Wildman–Crippen MR) is 170 cm³/mol. The standard InChI is InChI=1S/C32H32FN11O2/c1-20-25-28(38-32(34)44-29(25)37-27(39-44)23-5-2-3-8-35-23)43(26(20)31(45)42-10-4-11-42)17-14-40-12-15-41(16-13-40)24-19-21(6-7-22(24)33)30-36-9-18-46-30/h2-3,5-9,18-19H,4,10-17H2,1H3,(H2,34,38). The van der Waals surface area contributed by atoms with Gasteiger partial charge >= 0.3 is 0 Å². The molecule has 2 saturated heterocycles. The molecule has 2 aliphatic heterocycles. The number of anilines is 2. The predicted octanol–water partition coefficient (Wildman–Crippen LogP) is 3.49. The third-order valence-electron chi connectivity index (χ3n) is 8.97. The maximum Gasteiger partial charge on any atom is 0.270 e. The van der Waals surface area contributed by atoms with Crippen LogP contribution in [0.3, 0.4) is 0 Å². The molecular formula is C32H32FN11O2. The number of benzene rings is 1. The summed E-state index contributed by atoms with van der Waals surface area (Å²) in [4.78, 5) is 38.2. The largest absolute Gasteiger partial charge is 0.445 e. The van der Waals surface area contributed by atoms with Crippen LogP contribution in [0.1, 0.15) is 22.5 Å². The molecule has 8 rings (SSSR count). The van der Waals surface area contributed by atoms with Crippen molar-refractivity contribution in [1.29, 1.82) is 0 Å². The molecular weight excluding hydrogens is 589 g/mol. The lowest BCUT2D eigenvalue weighted by atomic mass is 10.1. The second-order valence-corrected chi connectivity index (χ2v) is 11.7. The zero-order valence-corrected chi connectivity index (χ0v) is 25.3. The number of carbonyl (C=O) groups is 1. The van der Waals surface area contributed by atoms with E-state index in [1.54, 1.807) is 24.5 Å². The van der Waals surface area contributed by atoms with Gasteiger partial charge in [0.15, 0.2) is 5.65 Å². The van der Waals surface area contributed by atoms with Gasteiger partial charge in [-0.05, 0) is 49.2 Å². The van der Waals surface area contributed by atoms with Crippen LogP contribution in [0.2, 0.25) is 0 Å². The van der Waals surface area contributed by atoms with Gasteiger partial charge in [0.1, 0.15) is 29.1 Å². The number of fused-ring (bicyclic) bond motifs is 3. The number of oxazole rings is 1. The maximum atomic E-state index is 14.9. The Hall–Kier alpha value is -5.37. The maximum absolute atomic E-state index is 14.9. The molecule has 0 aliphatic carbocycles. The summed E-state index contributed by atoms with van der Waals surface area (Å²) in [5, 5.41) is 5.35. The zero-order chi connectivity index (χ0) is 31.4. The minimum Gasteiger partial charge on any atom is -0.445 e. The van der Waals surface area contributed by atoms with E-state index in [1.165, 1.54) is 16.8 Å². The van der Waals surface area contributed by atoms with Crippen molar-refractivity contribution in [2.24, 2.45) is 0 Å². The Labute approximate surface area is 263 Å². The molecule has 46 heavy (non-hydrogen) atoms. The van der Waals surface area contributed by atoms with E-state index in [1.807, 2.05) is 34.6 Å². The Morgan fingerprint density at radius 3 is 2.54 bits per heavy atom. The Bertz CT molecular complexity index is 2060. The van der Waals surface area contributed by atoms with Crippen LogP contribution >= 0.6 is 0 Å². The van der Waals surface area contributed by atoms with Gasteiger partial charge in [0.05, 0.1) is 17.3 Å². The van der Waals surface area contributed by atoms with Gasteiger partial charge < -0.3 is 24.5 Å². The number of pyridine rings is 1. The van der Waals surface area contributed by atoms with Crippen LogP contribution in [0.5, 0.6) is 0 Å². The Morgan fingerprint density at radius 2 is 1.83 bits per heavy atom. The summed E-state index contributed by atoms with van der Waals surface area (Å²) < 4.78 is 23.8. The number of nitrogen functional groups attached to an aromatic ring is 1. The monoisotopic (exact) mass is 621 g/mol. The second-order valence-electron chi connectivity index (χ2n) is 11.7. The summed E-state index contributed by atoms with van der Waals surface area (Å²) in [5.74, 6) is 0.783. The van der Waals surface area contributed by atoms with E-state index in [9.17, 15) is 9.18 Å². The minimum atomic E-state index is -0.276. The minimum absolute atomic E-state index is 0.0193. The van der Waals surface area contributed by atoms with Crippen LogP contribution in [0.15, 0.2) is 59.5 Å². The van der Waals surface area contributed by atoms with E-state index in [4.69, 9.17) is 20.1 Å². The number of nitrogens with two attached hydrogens (primary N) is 1. The van der Waals surface area contributed by atoms with Crippen LogP contribution < -0.4 is 10.6 Å². The summed E-state index contributed by atoms with van der Waals surface area (Å²) in [7, 11) is 0. The van der Waals surface area contributed by atoms with Crippen molar-refractivity contribution in [2.45, 2.75) is 19.9 Å². The summed E-state index contributed by atoms with van der Waals surface area (Å²) in [6.45, 7) is 7.37. The molecule has 234 valence electrons. The summed E-state index contributed by atoms with van der Waals surface area (Å²) >= 11 is 0. The number of piperazine rings is 1. The van der Waals surface area contributed by atoms with Crippen LogP contribution in [0, 0.1) is 12.7 Å². The second kappa shape index (κ2) is 11.2. The highest BCUT2D eigenvalue weighted by Gasteiger charge is 2.31. The molecule has 0 radical (unpaired) electrons. The van der Waals surface area contributed by atoms with Crippen molar-refractivity contribution in [3.8, 4) is 23.0 Å². The molecule has 5 aromatic heterocycles. The molecule has 0 bridgehead atoms. The van der Waals surface area contributed by atoms with Gasteiger partial charge in [0.25, 0.3) is 5.91 Å². The lowest BCUT2D eigenvalue weighted by Crippen LogP contribution is -2.47. The first-order chi connectivity index (χ1) is 22.5. The van der Waals surface area contributed by atoms with Crippen LogP contribution in [-0.4, -0.2) is 95.6 Å². The van der Waals surface area contributed by atoms with Crippen molar-refractivity contribution in [3.05, 3.63) is 72.1 Å². The lowest BCUT2D eigenvalue weighted by Gasteiger charge is -2.36. The number of halogens is 1. The first-order valence-electron chi connectivity index (χ1n) is 15.4. The van der Waals surface area contributed by atoms with Crippen LogP contribution in [0.25, 0.3) is 39.7 Å². The molecule has 0 spiro atoms. The lowest BCUT2D eigenvalue weighted by molar-refractivity contribution is 0.0639. The Morgan fingerprint density at radius 1 is 0.978 bits per heavy atom. The van der Waals surface area contributed by atoms with Gasteiger partial charge in [0, 0.05) is 64.1 Å². The fourth-order valence-electron chi connectivity index (χ4n) is 6.38. The van der Waals surface area contributed by atoms with E-state index in [0.29, 0.717) is 66.3 Å². The van der Waals surface area contributed by atoms with Crippen molar-refractivity contribution in [1.82, 2.24) is 43.9 Å². The van der Waals surface area contributed by atoms with E-state index in [0.717, 1.165) is 49.1 Å². The Kier molecular flexibility index (Phi) is 6.86. The number of aryl methyl sites for hydroxylation is 1. The number of hydrogen-bond acceptors (Lipinski definition) is 10. The molecule has 2 N–H and O–H groups in total. The van der Waals surface area contributed by atoms with Crippen molar-refractivity contribution in [2.75, 3.05) is 56.4 Å². The third kappa shape index (κ3) is 4.72. The van der Waals surface area contributed by atoms with E-state index >= 15 is 0 Å². The number of nitrogens with zero attached hydrogens (tertiary/aromatic N) is 10. The number of rotatable bonds is 7. The quantitative estimate of drug-likeness (QED) is 0.282. The van der Waals surface area contributed by atoms with E-state index in [-0.39, 0.29) is 17.7 Å². The number of carbonyl (C=O) groups excluding carboxylic acids is 1. The van der Waals surface area contributed by atoms with Gasteiger partial charge in [-0.1, -0.05) is 6.07 Å². The SMILES string of the molecule is Cc1c(C(=O)N2CCC2)n(CCN2CCN(c3cc(-c4ncco4)ccc3F)CC2)c2nc(N)n3nc(-c4ccccn4)nc3c12. The molecule has 0 unspecified atom stereocenters. The number of amides is 1. The molecule has 2 fully saturated rings. The van der Waals surface area contributed by atoms with E-state index in [2.05, 4.69) is 24.9 Å². The summed E-state index contributed by atoms with van der Waals surface area (Å²) in [6, 6.07) is 10.5. The Balaban J connectivity index is 1.08. The number of likely N-dealkylation sites (tertiary alicyclic amines) is 1. The fourth-order valence-corrected chi connectivity index (χ4v) is 6.38. The smallest absolute Gasteiger partial charge is 0.270 e. The third-order valence-corrected chi connectivity index (χ3v) is 8.97. The molecule has 1 amide bonds.